The van der Waals surface area contributed by atoms with Gasteiger partial charge in [0.25, 0.3) is 0 Å². The van der Waals surface area contributed by atoms with E-state index in [2.05, 4.69) is 51.3 Å². The first kappa shape index (κ1) is 20.6. The van der Waals surface area contributed by atoms with E-state index in [9.17, 15) is 4.79 Å². The van der Waals surface area contributed by atoms with Crippen LogP contribution in [0.1, 0.15) is 23.6 Å². The Balaban J connectivity index is 1.42. The topological polar surface area (TPSA) is 76.0 Å². The van der Waals surface area contributed by atoms with E-state index in [0.717, 1.165) is 42.6 Å². The number of hydrogen-bond acceptors (Lipinski definition) is 5. The zero-order valence-corrected chi connectivity index (χ0v) is 19.0. The van der Waals surface area contributed by atoms with E-state index in [-0.39, 0.29) is 5.69 Å². The lowest BCUT2D eigenvalue weighted by Gasteiger charge is -2.29. The van der Waals surface area contributed by atoms with Crippen LogP contribution in [0.5, 0.6) is 5.75 Å². The molecule has 1 aliphatic rings. The number of benzene rings is 2. The first-order valence-electron chi connectivity index (χ1n) is 11.6. The standard InChI is InChI=1S/C27H25N5O2/c1-2-34-24-10-12-28-26-25(24)32(27(33)30-26)20-8-9-23-22(14-20)21-11-13-31(17-19(21)15-29-23)16-18-6-4-3-5-7-18/h3-10,12,14-15H,2,11,13,16-17H2,1H3,(H,28,30,33). The van der Waals surface area contributed by atoms with Crippen molar-refractivity contribution in [1.82, 2.24) is 24.4 Å². The van der Waals surface area contributed by atoms with Gasteiger partial charge in [0.15, 0.2) is 5.65 Å². The molecule has 5 aromatic rings. The Bertz CT molecular complexity index is 1550. The molecule has 0 fully saturated rings. The Labute approximate surface area is 196 Å². The fourth-order valence-corrected chi connectivity index (χ4v) is 4.93. The fourth-order valence-electron chi connectivity index (χ4n) is 4.93. The molecule has 7 heteroatoms. The number of ether oxygens (including phenoxy) is 1. The van der Waals surface area contributed by atoms with Crippen LogP contribution in [0, 0.1) is 0 Å². The number of pyridine rings is 2. The van der Waals surface area contributed by atoms with E-state index in [4.69, 9.17) is 9.72 Å². The number of nitrogens with zero attached hydrogens (tertiary/aromatic N) is 4. The fraction of sp³-hybridized carbons (Fsp3) is 0.222. The van der Waals surface area contributed by atoms with Crippen LogP contribution < -0.4 is 10.4 Å². The van der Waals surface area contributed by atoms with Crippen molar-refractivity contribution in [3.63, 3.8) is 0 Å². The molecule has 1 aliphatic heterocycles. The number of H-pyrrole nitrogens is 1. The Kier molecular flexibility index (Phi) is 5.11. The van der Waals surface area contributed by atoms with Gasteiger partial charge < -0.3 is 4.74 Å². The van der Waals surface area contributed by atoms with E-state index in [1.807, 2.05) is 25.3 Å². The normalized spacial score (nSPS) is 13.9. The highest BCUT2D eigenvalue weighted by Gasteiger charge is 2.21. The van der Waals surface area contributed by atoms with Gasteiger partial charge in [-0.1, -0.05) is 30.3 Å². The number of rotatable bonds is 5. The summed E-state index contributed by atoms with van der Waals surface area (Å²) in [5, 5.41) is 1.09. The number of aromatic nitrogens is 4. The molecular weight excluding hydrogens is 426 g/mol. The summed E-state index contributed by atoms with van der Waals surface area (Å²) < 4.78 is 7.45. The van der Waals surface area contributed by atoms with Crippen LogP contribution in [-0.2, 0) is 19.5 Å². The van der Waals surface area contributed by atoms with E-state index in [1.54, 1.807) is 16.8 Å². The van der Waals surface area contributed by atoms with Crippen molar-refractivity contribution in [3.05, 3.63) is 94.2 Å². The lowest BCUT2D eigenvalue weighted by molar-refractivity contribution is 0.246. The summed E-state index contributed by atoms with van der Waals surface area (Å²) in [4.78, 5) is 27.3. The quantitative estimate of drug-likeness (QED) is 0.433. The SMILES string of the molecule is CCOc1ccnc2[nH]c(=O)n(-c3ccc4ncc5c(c4c3)CCN(Cc3ccccc3)C5)c12. The second-order valence-corrected chi connectivity index (χ2v) is 8.61. The second-order valence-electron chi connectivity index (χ2n) is 8.61. The van der Waals surface area contributed by atoms with Crippen LogP contribution in [-0.4, -0.2) is 37.6 Å². The third-order valence-electron chi connectivity index (χ3n) is 6.47. The van der Waals surface area contributed by atoms with E-state index >= 15 is 0 Å². The van der Waals surface area contributed by atoms with E-state index < -0.39 is 0 Å². The van der Waals surface area contributed by atoms with Crippen molar-refractivity contribution < 1.29 is 4.74 Å². The predicted octanol–water partition coefficient (Wildman–Crippen LogP) is 4.22. The van der Waals surface area contributed by atoms with Crippen molar-refractivity contribution in [3.8, 4) is 11.4 Å². The molecule has 170 valence electrons. The molecule has 0 radical (unpaired) electrons. The summed E-state index contributed by atoms with van der Waals surface area (Å²) in [6.07, 6.45) is 4.60. The molecule has 0 saturated carbocycles. The summed E-state index contributed by atoms with van der Waals surface area (Å²) >= 11 is 0. The lowest BCUT2D eigenvalue weighted by atomic mass is 9.96. The number of fused-ring (bicyclic) bond motifs is 4. The van der Waals surface area contributed by atoms with Crippen molar-refractivity contribution >= 4 is 22.1 Å². The average molecular weight is 452 g/mol. The highest BCUT2D eigenvalue weighted by atomic mass is 16.5. The smallest absolute Gasteiger partial charge is 0.332 e. The second kappa shape index (κ2) is 8.43. The maximum atomic E-state index is 12.9. The summed E-state index contributed by atoms with van der Waals surface area (Å²) in [6, 6.07) is 18.4. The minimum Gasteiger partial charge on any atom is -0.491 e. The Morgan fingerprint density at radius 2 is 1.97 bits per heavy atom. The van der Waals surface area contributed by atoms with Gasteiger partial charge in [-0.15, -0.1) is 0 Å². The van der Waals surface area contributed by atoms with Gasteiger partial charge in [-0.3, -0.25) is 19.4 Å². The minimum absolute atomic E-state index is 0.235. The van der Waals surface area contributed by atoms with E-state index in [1.165, 1.54) is 16.7 Å². The van der Waals surface area contributed by atoms with Gasteiger partial charge in [0.05, 0.1) is 17.8 Å². The van der Waals surface area contributed by atoms with Gasteiger partial charge in [0.1, 0.15) is 11.3 Å². The predicted molar refractivity (Wildman–Crippen MR) is 132 cm³/mol. The van der Waals surface area contributed by atoms with Crippen LogP contribution in [0.4, 0.5) is 0 Å². The molecular formula is C27H25N5O2. The van der Waals surface area contributed by atoms with Crippen molar-refractivity contribution in [1.29, 1.82) is 0 Å². The van der Waals surface area contributed by atoms with Crippen molar-refractivity contribution in [2.75, 3.05) is 13.2 Å². The molecule has 2 aromatic carbocycles. The minimum atomic E-state index is -0.235. The maximum absolute atomic E-state index is 12.9. The monoisotopic (exact) mass is 451 g/mol. The molecule has 7 nitrogen and oxygen atoms in total. The van der Waals surface area contributed by atoms with Crippen LogP contribution in [0.25, 0.3) is 27.8 Å². The van der Waals surface area contributed by atoms with Gasteiger partial charge in [0.2, 0.25) is 0 Å². The zero-order chi connectivity index (χ0) is 23.1. The van der Waals surface area contributed by atoms with Gasteiger partial charge in [0, 0.05) is 43.5 Å². The number of hydrogen-bond donors (Lipinski definition) is 1. The lowest BCUT2D eigenvalue weighted by Crippen LogP contribution is -2.30. The first-order chi connectivity index (χ1) is 16.7. The van der Waals surface area contributed by atoms with Gasteiger partial charge in [-0.25, -0.2) is 9.78 Å². The molecule has 0 atom stereocenters. The summed E-state index contributed by atoms with van der Waals surface area (Å²) in [6.45, 7) is 5.21. The van der Waals surface area contributed by atoms with E-state index in [0.29, 0.717) is 23.5 Å². The molecule has 3 aromatic heterocycles. The molecule has 0 aliphatic carbocycles. The number of imidazole rings is 1. The molecule has 0 spiro atoms. The third-order valence-corrected chi connectivity index (χ3v) is 6.47. The molecule has 0 amide bonds. The van der Waals surface area contributed by atoms with Crippen molar-refractivity contribution in [2.24, 2.45) is 0 Å². The zero-order valence-electron chi connectivity index (χ0n) is 19.0. The molecule has 0 unspecified atom stereocenters. The van der Waals surface area contributed by atoms with Gasteiger partial charge in [-0.2, -0.15) is 0 Å². The van der Waals surface area contributed by atoms with Crippen LogP contribution in [0.15, 0.2) is 71.8 Å². The Morgan fingerprint density at radius 1 is 1.09 bits per heavy atom. The molecule has 0 bridgehead atoms. The summed E-state index contributed by atoms with van der Waals surface area (Å²) in [5.74, 6) is 0.635. The highest BCUT2D eigenvalue weighted by molar-refractivity contribution is 5.87. The third kappa shape index (κ3) is 3.54. The summed E-state index contributed by atoms with van der Waals surface area (Å²) in [5.41, 5.74) is 6.53. The Morgan fingerprint density at radius 3 is 2.82 bits per heavy atom. The molecule has 4 heterocycles. The molecule has 1 N–H and O–H groups in total. The maximum Gasteiger partial charge on any atom is 0.332 e. The highest BCUT2D eigenvalue weighted by Crippen LogP contribution is 2.30. The van der Waals surface area contributed by atoms with Crippen LogP contribution in [0.3, 0.4) is 0 Å². The van der Waals surface area contributed by atoms with Crippen LogP contribution >= 0.6 is 0 Å². The van der Waals surface area contributed by atoms with Gasteiger partial charge >= 0.3 is 5.69 Å². The molecule has 0 saturated heterocycles. The average Bonchev–Trinajstić information content (AvgIpc) is 3.21. The number of aromatic amines is 1. The summed E-state index contributed by atoms with van der Waals surface area (Å²) in [7, 11) is 0. The largest absolute Gasteiger partial charge is 0.491 e. The Hall–Kier alpha value is -3.97. The molecule has 6 rings (SSSR count). The van der Waals surface area contributed by atoms with Crippen LogP contribution in [0.2, 0.25) is 0 Å². The first-order valence-corrected chi connectivity index (χ1v) is 11.6. The molecule has 34 heavy (non-hydrogen) atoms. The van der Waals surface area contributed by atoms with Gasteiger partial charge in [-0.05, 0) is 48.2 Å². The number of nitrogens with one attached hydrogen (secondary N) is 1. The van der Waals surface area contributed by atoms with Crippen molar-refractivity contribution in [2.45, 2.75) is 26.4 Å².